The number of carbonyl (C=O) groups excluding carboxylic acids is 6. The first-order chi connectivity index (χ1) is 18.2. The molecule has 0 aromatic heterocycles. The van der Waals surface area contributed by atoms with Crippen LogP contribution in [0.15, 0.2) is 60.7 Å². The predicted molar refractivity (Wildman–Crippen MR) is 142 cm³/mol. The van der Waals surface area contributed by atoms with E-state index < -0.39 is 0 Å². The molecule has 1 aromatic carbocycles. The maximum atomic E-state index is 11.5. The summed E-state index contributed by atoms with van der Waals surface area (Å²) in [4.78, 5) is 69.1. The predicted octanol–water partition coefficient (Wildman–Crippen LogP) is -0.0795. The summed E-state index contributed by atoms with van der Waals surface area (Å²) >= 11 is 0. The number of rotatable bonds is 6. The van der Waals surface area contributed by atoms with Gasteiger partial charge in [0.25, 0.3) is 35.4 Å². The molecule has 1 aromatic rings. The summed E-state index contributed by atoms with van der Waals surface area (Å²) in [6.07, 6.45) is 8.61. The normalized spacial score (nSPS) is 15.9. The van der Waals surface area contributed by atoms with E-state index in [0.717, 1.165) is 16.9 Å². The second-order valence-corrected chi connectivity index (χ2v) is 7.58. The zero-order chi connectivity index (χ0) is 28.8. The molecule has 0 saturated carbocycles. The van der Waals surface area contributed by atoms with Gasteiger partial charge in [0.2, 0.25) is 0 Å². The number of hydrogen-bond donors (Lipinski definition) is 0. The van der Waals surface area contributed by atoms with Gasteiger partial charge in [0, 0.05) is 56.7 Å². The van der Waals surface area contributed by atoms with E-state index in [-0.39, 0.29) is 71.1 Å². The minimum absolute atomic E-state index is 0. The maximum absolute atomic E-state index is 11.5. The fourth-order valence-corrected chi connectivity index (χ4v) is 3.52. The van der Waals surface area contributed by atoms with Crippen LogP contribution in [0, 0.1) is 6.92 Å². The molecule has 0 N–H and O–H groups in total. The minimum atomic E-state index is -0.300. The molecule has 1 unspecified atom stereocenters. The Labute approximate surface area is 251 Å². The maximum Gasteiger partial charge on any atom is 1.00 e. The van der Waals surface area contributed by atoms with Gasteiger partial charge in [0.1, 0.15) is 0 Å². The second-order valence-electron chi connectivity index (χ2n) is 7.58. The number of likely N-dealkylation sites (N-methyl/N-ethyl adjacent to an activating group) is 2. The quantitative estimate of drug-likeness (QED) is 0.278. The van der Waals surface area contributed by atoms with Gasteiger partial charge in [-0.1, -0.05) is 19.1 Å². The third-order valence-corrected chi connectivity index (χ3v) is 5.42. The number of imide groups is 3. The van der Waals surface area contributed by atoms with Crippen LogP contribution in [0.1, 0.15) is 45.8 Å². The molecule has 39 heavy (non-hydrogen) atoms. The third kappa shape index (κ3) is 9.81. The number of benzene rings is 1. The van der Waals surface area contributed by atoms with Crippen molar-refractivity contribution in [2.45, 2.75) is 40.2 Å². The SMILES string of the molecule is CCC(OC)c1ccc(N2C(=O)C=CC2=O)cc1.CCN1C(=O)C=CC1=O.CCN1C(=O)C=CC1=O.[CH2-]C.[Na+]. The van der Waals surface area contributed by atoms with E-state index >= 15 is 0 Å². The van der Waals surface area contributed by atoms with Crippen molar-refractivity contribution < 1.29 is 63.1 Å². The number of carbonyl (C=O) groups is 6. The molecule has 0 radical (unpaired) electrons. The fourth-order valence-electron chi connectivity index (χ4n) is 3.52. The summed E-state index contributed by atoms with van der Waals surface area (Å²) < 4.78 is 5.33. The van der Waals surface area contributed by atoms with Gasteiger partial charge in [-0.15, -0.1) is 0 Å². The molecule has 3 heterocycles. The average molecular weight is 548 g/mol. The average Bonchev–Trinajstić information content (AvgIpc) is 3.56. The molecule has 3 aliphatic rings. The number of hydrogen-bond acceptors (Lipinski definition) is 7. The Hall–Kier alpha value is -3.18. The Morgan fingerprint density at radius 2 is 0.974 bits per heavy atom. The molecular formula is C28H34N3NaO7. The van der Waals surface area contributed by atoms with Crippen molar-refractivity contribution in [2.75, 3.05) is 25.1 Å². The van der Waals surface area contributed by atoms with Gasteiger partial charge in [-0.3, -0.25) is 38.6 Å². The Morgan fingerprint density at radius 3 is 1.23 bits per heavy atom. The molecule has 1 atom stereocenters. The van der Waals surface area contributed by atoms with Crippen molar-refractivity contribution in [3.63, 3.8) is 0 Å². The van der Waals surface area contributed by atoms with Gasteiger partial charge in [-0.25, -0.2) is 4.90 Å². The zero-order valence-electron chi connectivity index (χ0n) is 23.4. The van der Waals surface area contributed by atoms with Gasteiger partial charge in [-0.2, -0.15) is 6.92 Å². The Bertz CT molecular complexity index is 1030. The van der Waals surface area contributed by atoms with E-state index in [1.165, 1.54) is 46.3 Å². The van der Waals surface area contributed by atoms with E-state index in [1.54, 1.807) is 40.0 Å². The van der Waals surface area contributed by atoms with Gasteiger partial charge >= 0.3 is 29.6 Å². The Balaban J connectivity index is 0.000000582. The van der Waals surface area contributed by atoms with Crippen LogP contribution in [0.2, 0.25) is 0 Å². The molecule has 11 heteroatoms. The largest absolute Gasteiger partial charge is 1.00 e. The molecule has 0 spiro atoms. The van der Waals surface area contributed by atoms with E-state index in [4.69, 9.17) is 4.74 Å². The monoisotopic (exact) mass is 547 g/mol. The molecule has 3 aliphatic heterocycles. The second kappa shape index (κ2) is 18.2. The summed E-state index contributed by atoms with van der Waals surface area (Å²) in [5, 5.41) is 0. The van der Waals surface area contributed by atoms with Crippen molar-refractivity contribution in [2.24, 2.45) is 0 Å². The minimum Gasteiger partial charge on any atom is -0.377 e. The molecule has 10 nitrogen and oxygen atoms in total. The number of ether oxygens (including phenoxy) is 1. The van der Waals surface area contributed by atoms with Gasteiger partial charge in [0.05, 0.1) is 11.8 Å². The fraction of sp³-hybridized carbons (Fsp3) is 0.321. The van der Waals surface area contributed by atoms with Crippen LogP contribution in [0.5, 0.6) is 0 Å². The smallest absolute Gasteiger partial charge is 0.377 e. The number of amides is 6. The Kier molecular flexibility index (Phi) is 16.7. The molecule has 4 rings (SSSR count). The topological polar surface area (TPSA) is 121 Å². The van der Waals surface area contributed by atoms with E-state index in [9.17, 15) is 28.8 Å². The Morgan fingerprint density at radius 1 is 0.641 bits per heavy atom. The van der Waals surface area contributed by atoms with Crippen molar-refractivity contribution in [3.8, 4) is 0 Å². The molecular weight excluding hydrogens is 513 g/mol. The number of methoxy groups -OCH3 is 1. The molecule has 6 amide bonds. The van der Waals surface area contributed by atoms with E-state index in [1.807, 2.05) is 19.1 Å². The molecule has 204 valence electrons. The van der Waals surface area contributed by atoms with Gasteiger partial charge < -0.3 is 11.7 Å². The van der Waals surface area contributed by atoms with Crippen molar-refractivity contribution >= 4 is 41.1 Å². The molecule has 0 bridgehead atoms. The van der Waals surface area contributed by atoms with Gasteiger partial charge in [0.15, 0.2) is 0 Å². The van der Waals surface area contributed by atoms with Crippen LogP contribution in [-0.2, 0) is 33.5 Å². The van der Waals surface area contributed by atoms with Crippen LogP contribution in [-0.4, -0.2) is 65.4 Å². The number of nitrogens with zero attached hydrogens (tertiary/aromatic N) is 3. The van der Waals surface area contributed by atoms with Gasteiger partial charge in [-0.05, 0) is 38.0 Å². The van der Waals surface area contributed by atoms with E-state index in [0.29, 0.717) is 18.8 Å². The summed E-state index contributed by atoms with van der Waals surface area (Å²) in [5.74, 6) is -1.42. The number of anilines is 1. The summed E-state index contributed by atoms with van der Waals surface area (Å²) in [7, 11) is 1.67. The first kappa shape index (κ1) is 35.8. The van der Waals surface area contributed by atoms with Crippen LogP contribution in [0.4, 0.5) is 5.69 Å². The van der Waals surface area contributed by atoms with E-state index in [2.05, 4.69) is 6.92 Å². The van der Waals surface area contributed by atoms with Crippen molar-refractivity contribution in [1.29, 1.82) is 0 Å². The van der Waals surface area contributed by atoms with Crippen LogP contribution in [0.3, 0.4) is 0 Å². The van der Waals surface area contributed by atoms with Crippen molar-refractivity contribution in [1.82, 2.24) is 9.80 Å². The zero-order valence-corrected chi connectivity index (χ0v) is 25.4. The summed E-state index contributed by atoms with van der Waals surface area (Å²) in [5.41, 5.74) is 1.63. The molecule has 0 aliphatic carbocycles. The first-order valence-corrected chi connectivity index (χ1v) is 12.1. The standard InChI is InChI=1S/C14H15NO3.2C6H7NO2.C2H5.Na/c1-3-12(18-2)10-4-6-11(7-5-10)15-13(16)8-9-14(15)17;2*1-2-7-5(8)3-4-6(7)9;1-2;/h4-9,12H,3H2,1-2H3;2*3-4H,2H2,1H3;1H2,2H3;/q;;;-1;+1. The van der Waals surface area contributed by atoms with Crippen LogP contribution in [0.25, 0.3) is 0 Å². The summed E-state index contributed by atoms with van der Waals surface area (Å²) in [6.45, 7) is 11.5. The summed E-state index contributed by atoms with van der Waals surface area (Å²) in [6, 6.07) is 7.29. The van der Waals surface area contributed by atoms with Crippen LogP contribution < -0.4 is 34.5 Å². The molecule has 0 saturated heterocycles. The van der Waals surface area contributed by atoms with Crippen molar-refractivity contribution in [3.05, 3.63) is 73.2 Å². The van der Waals surface area contributed by atoms with Crippen LogP contribution >= 0.6 is 0 Å². The first-order valence-electron chi connectivity index (χ1n) is 12.1. The third-order valence-electron chi connectivity index (χ3n) is 5.42. The molecule has 0 fully saturated rings.